The fourth-order valence-electron chi connectivity index (χ4n) is 1.81. The maximum Gasteiger partial charge on any atom is 0.326 e. The smallest absolute Gasteiger partial charge is 0.291 e. The third kappa shape index (κ3) is 3.53. The third-order valence-electron chi connectivity index (χ3n) is 2.95. The molecular weight excluding hydrogens is 276 g/mol. The molecule has 2 rings (SSSR count). The lowest BCUT2D eigenvalue weighted by molar-refractivity contribution is 0.262. The number of urea groups is 1. The minimum Gasteiger partial charge on any atom is -0.291 e. The van der Waals surface area contributed by atoms with Crippen LogP contribution in [0.2, 0.25) is 0 Å². The van der Waals surface area contributed by atoms with E-state index in [0.29, 0.717) is 16.9 Å². The Kier molecular flexibility index (Phi) is 4.67. The second-order valence-corrected chi connectivity index (χ2v) is 5.42. The molecule has 2 heterocycles. The molecular formula is C12H18N6OS. The summed E-state index contributed by atoms with van der Waals surface area (Å²) in [5, 5.41) is 18.9. The lowest BCUT2D eigenvalue weighted by Crippen LogP contribution is -2.19. The van der Waals surface area contributed by atoms with E-state index in [1.165, 1.54) is 11.3 Å². The molecule has 0 spiro atoms. The van der Waals surface area contributed by atoms with Gasteiger partial charge in [-0.15, -0.1) is 10.2 Å². The van der Waals surface area contributed by atoms with Gasteiger partial charge >= 0.3 is 6.03 Å². The molecule has 2 amide bonds. The molecule has 0 aliphatic carbocycles. The Labute approximate surface area is 121 Å². The summed E-state index contributed by atoms with van der Waals surface area (Å²) in [5.41, 5.74) is 0. The van der Waals surface area contributed by atoms with Gasteiger partial charge in [0.2, 0.25) is 5.13 Å². The van der Waals surface area contributed by atoms with Crippen LogP contribution < -0.4 is 10.6 Å². The Hall–Kier alpha value is -1.96. The molecule has 0 radical (unpaired) electrons. The quantitative estimate of drug-likeness (QED) is 0.888. The van der Waals surface area contributed by atoms with E-state index in [9.17, 15) is 4.79 Å². The van der Waals surface area contributed by atoms with Gasteiger partial charge in [-0.25, -0.2) is 4.79 Å². The molecule has 0 saturated carbocycles. The predicted molar refractivity (Wildman–Crippen MR) is 79.1 cm³/mol. The predicted octanol–water partition coefficient (Wildman–Crippen LogP) is 2.82. The molecule has 108 valence electrons. The number of hydrogen-bond acceptors (Lipinski definition) is 5. The van der Waals surface area contributed by atoms with E-state index < -0.39 is 0 Å². The van der Waals surface area contributed by atoms with Crippen molar-refractivity contribution in [3.63, 3.8) is 0 Å². The van der Waals surface area contributed by atoms with Crippen LogP contribution in [0.5, 0.6) is 0 Å². The van der Waals surface area contributed by atoms with Crippen LogP contribution in [0.4, 0.5) is 15.7 Å². The molecule has 2 aromatic rings. The van der Waals surface area contributed by atoms with Gasteiger partial charge in [0.1, 0.15) is 5.01 Å². The second-order valence-electron chi connectivity index (χ2n) is 4.41. The standard InChI is InChI=1S/C12H18N6OS/c1-4-8(5-2)10-15-16-12(20-10)14-11(19)13-9-6-7-18(3)17-9/h6-8H,4-5H2,1-3H3,(H2,13,14,16,17,19). The van der Waals surface area contributed by atoms with Crippen molar-refractivity contribution in [2.75, 3.05) is 10.6 Å². The number of anilines is 2. The number of carbonyl (C=O) groups excluding carboxylic acids is 1. The molecule has 7 nitrogen and oxygen atoms in total. The highest BCUT2D eigenvalue weighted by molar-refractivity contribution is 7.15. The zero-order chi connectivity index (χ0) is 14.5. The van der Waals surface area contributed by atoms with Gasteiger partial charge in [0.05, 0.1) is 0 Å². The Morgan fingerprint density at radius 1 is 1.35 bits per heavy atom. The highest BCUT2D eigenvalue weighted by Gasteiger charge is 2.14. The van der Waals surface area contributed by atoms with Gasteiger partial charge in [-0.2, -0.15) is 5.10 Å². The van der Waals surface area contributed by atoms with E-state index in [1.807, 2.05) is 0 Å². The summed E-state index contributed by atoms with van der Waals surface area (Å²) in [4.78, 5) is 11.8. The SMILES string of the molecule is CCC(CC)c1nnc(NC(=O)Nc2ccn(C)n2)s1. The van der Waals surface area contributed by atoms with Gasteiger partial charge in [0.15, 0.2) is 5.82 Å². The molecule has 0 aliphatic heterocycles. The van der Waals surface area contributed by atoms with Crippen LogP contribution in [-0.4, -0.2) is 26.0 Å². The van der Waals surface area contributed by atoms with E-state index >= 15 is 0 Å². The van der Waals surface area contributed by atoms with Gasteiger partial charge < -0.3 is 0 Å². The Bertz CT molecular complexity index is 574. The molecule has 20 heavy (non-hydrogen) atoms. The third-order valence-corrected chi connectivity index (χ3v) is 3.95. The first-order valence-corrected chi connectivity index (χ1v) is 7.35. The minimum atomic E-state index is -0.365. The summed E-state index contributed by atoms with van der Waals surface area (Å²) in [6.45, 7) is 4.24. The molecule has 0 unspecified atom stereocenters. The summed E-state index contributed by atoms with van der Waals surface area (Å²) < 4.78 is 1.62. The maximum absolute atomic E-state index is 11.8. The monoisotopic (exact) mass is 294 g/mol. The number of nitrogens with zero attached hydrogens (tertiary/aromatic N) is 4. The van der Waals surface area contributed by atoms with Crippen LogP contribution in [0.3, 0.4) is 0 Å². The van der Waals surface area contributed by atoms with Gasteiger partial charge in [-0.1, -0.05) is 25.2 Å². The average molecular weight is 294 g/mol. The highest BCUT2D eigenvalue weighted by Crippen LogP contribution is 2.27. The lowest BCUT2D eigenvalue weighted by atomic mass is 10.1. The number of amides is 2. The van der Waals surface area contributed by atoms with Crippen molar-refractivity contribution in [3.8, 4) is 0 Å². The van der Waals surface area contributed by atoms with Crippen LogP contribution in [-0.2, 0) is 7.05 Å². The van der Waals surface area contributed by atoms with E-state index in [0.717, 1.165) is 17.8 Å². The van der Waals surface area contributed by atoms with Gasteiger partial charge in [0.25, 0.3) is 0 Å². The molecule has 0 aromatic carbocycles. The molecule has 0 aliphatic rings. The first-order chi connectivity index (χ1) is 9.62. The number of carbonyl (C=O) groups is 1. The first kappa shape index (κ1) is 14.4. The number of nitrogens with one attached hydrogen (secondary N) is 2. The van der Waals surface area contributed by atoms with Crippen molar-refractivity contribution in [2.45, 2.75) is 32.6 Å². The summed E-state index contributed by atoms with van der Waals surface area (Å²) in [5.74, 6) is 0.900. The van der Waals surface area contributed by atoms with Crippen LogP contribution in [0.25, 0.3) is 0 Å². The average Bonchev–Trinajstić information content (AvgIpc) is 3.01. The zero-order valence-electron chi connectivity index (χ0n) is 11.8. The van der Waals surface area contributed by atoms with Crippen LogP contribution in [0.1, 0.15) is 37.6 Å². The first-order valence-electron chi connectivity index (χ1n) is 6.53. The topological polar surface area (TPSA) is 84.7 Å². The number of rotatable bonds is 5. The largest absolute Gasteiger partial charge is 0.326 e. The molecule has 0 saturated heterocycles. The number of hydrogen-bond donors (Lipinski definition) is 2. The molecule has 0 bridgehead atoms. The van der Waals surface area contributed by atoms with Gasteiger partial charge in [-0.05, 0) is 12.8 Å². The summed E-state index contributed by atoms with van der Waals surface area (Å²) in [6.07, 6.45) is 3.79. The van der Waals surface area contributed by atoms with Crippen molar-refractivity contribution in [2.24, 2.45) is 7.05 Å². The molecule has 0 atom stereocenters. The Morgan fingerprint density at radius 3 is 2.70 bits per heavy atom. The highest BCUT2D eigenvalue weighted by atomic mass is 32.1. The van der Waals surface area contributed by atoms with Crippen molar-refractivity contribution >= 4 is 28.3 Å². The van der Waals surface area contributed by atoms with Crippen molar-refractivity contribution in [3.05, 3.63) is 17.3 Å². The number of aromatic nitrogens is 4. The molecule has 2 aromatic heterocycles. The Morgan fingerprint density at radius 2 is 2.10 bits per heavy atom. The van der Waals surface area contributed by atoms with Crippen molar-refractivity contribution in [1.82, 2.24) is 20.0 Å². The summed E-state index contributed by atoms with van der Waals surface area (Å²) in [7, 11) is 1.79. The second kappa shape index (κ2) is 6.47. The zero-order valence-corrected chi connectivity index (χ0v) is 12.6. The number of aryl methyl sites for hydroxylation is 1. The van der Waals surface area contributed by atoms with Crippen LogP contribution in [0.15, 0.2) is 12.3 Å². The fraction of sp³-hybridized carbons (Fsp3) is 0.500. The van der Waals surface area contributed by atoms with E-state index in [4.69, 9.17) is 0 Å². The molecule has 2 N–H and O–H groups in total. The molecule has 8 heteroatoms. The Balaban J connectivity index is 1.94. The molecule has 0 fully saturated rings. The maximum atomic E-state index is 11.8. The van der Waals surface area contributed by atoms with E-state index in [2.05, 4.69) is 39.8 Å². The van der Waals surface area contributed by atoms with Gasteiger partial charge in [-0.3, -0.25) is 15.3 Å². The van der Waals surface area contributed by atoms with Crippen molar-refractivity contribution < 1.29 is 4.79 Å². The van der Waals surface area contributed by atoms with E-state index in [-0.39, 0.29) is 6.03 Å². The van der Waals surface area contributed by atoms with Gasteiger partial charge in [0, 0.05) is 25.2 Å². The van der Waals surface area contributed by atoms with Crippen LogP contribution >= 0.6 is 11.3 Å². The van der Waals surface area contributed by atoms with Crippen molar-refractivity contribution in [1.29, 1.82) is 0 Å². The van der Waals surface area contributed by atoms with E-state index in [1.54, 1.807) is 24.0 Å². The normalized spacial score (nSPS) is 10.8. The fourth-order valence-corrected chi connectivity index (χ4v) is 2.82. The summed E-state index contributed by atoms with van der Waals surface area (Å²) in [6, 6.07) is 1.35. The van der Waals surface area contributed by atoms with Crippen LogP contribution in [0, 0.1) is 0 Å². The minimum absolute atomic E-state index is 0.365. The lowest BCUT2D eigenvalue weighted by Gasteiger charge is -2.05. The summed E-state index contributed by atoms with van der Waals surface area (Å²) >= 11 is 1.41.